The molecule has 0 saturated heterocycles. The first kappa shape index (κ1) is 16.9. The van der Waals surface area contributed by atoms with Crippen LogP contribution in [0, 0.1) is 13.8 Å². The average molecular weight is 312 g/mol. The summed E-state index contributed by atoms with van der Waals surface area (Å²) < 4.78 is 5.99. The summed E-state index contributed by atoms with van der Waals surface area (Å²) in [6.45, 7) is 6.73. The number of hydrogen-bond acceptors (Lipinski definition) is 2. The van der Waals surface area contributed by atoms with Crippen LogP contribution in [0.15, 0.2) is 36.4 Å². The van der Waals surface area contributed by atoms with Gasteiger partial charge >= 0.3 is 6.03 Å². The van der Waals surface area contributed by atoms with Crippen LogP contribution in [0.3, 0.4) is 0 Å². The number of urea groups is 1. The first-order valence-corrected chi connectivity index (χ1v) is 7.84. The van der Waals surface area contributed by atoms with Gasteiger partial charge in [-0.1, -0.05) is 31.2 Å². The lowest BCUT2D eigenvalue weighted by atomic mass is 10.0. The molecule has 0 fully saturated rings. The normalized spacial score (nSPS) is 10.3. The van der Waals surface area contributed by atoms with Crippen LogP contribution >= 0.6 is 0 Å². The number of carbonyl (C=O) groups is 1. The first-order chi connectivity index (χ1) is 11.0. The van der Waals surface area contributed by atoms with Crippen molar-refractivity contribution < 1.29 is 9.53 Å². The van der Waals surface area contributed by atoms with Crippen LogP contribution in [0.2, 0.25) is 0 Å². The van der Waals surface area contributed by atoms with Crippen molar-refractivity contribution in [3.8, 4) is 5.75 Å². The zero-order valence-electron chi connectivity index (χ0n) is 14.2. The van der Waals surface area contributed by atoms with Gasteiger partial charge in [0.15, 0.2) is 0 Å². The van der Waals surface area contributed by atoms with Crippen LogP contribution in [-0.2, 0) is 13.0 Å². The van der Waals surface area contributed by atoms with Crippen molar-refractivity contribution in [1.29, 1.82) is 0 Å². The molecule has 0 radical (unpaired) electrons. The van der Waals surface area contributed by atoms with Gasteiger partial charge in [0.25, 0.3) is 0 Å². The van der Waals surface area contributed by atoms with E-state index in [-0.39, 0.29) is 6.03 Å². The van der Waals surface area contributed by atoms with E-state index in [4.69, 9.17) is 4.74 Å². The average Bonchev–Trinajstić information content (AvgIpc) is 2.56. The number of rotatable bonds is 5. The molecule has 0 spiro atoms. The van der Waals surface area contributed by atoms with E-state index >= 15 is 0 Å². The van der Waals surface area contributed by atoms with Crippen molar-refractivity contribution in [1.82, 2.24) is 5.32 Å². The summed E-state index contributed by atoms with van der Waals surface area (Å²) in [6, 6.07) is 11.7. The molecule has 0 aliphatic heterocycles. The summed E-state index contributed by atoms with van der Waals surface area (Å²) in [4.78, 5) is 11.5. The SMILES string of the molecule is CCc1cc(C)c(OCc2ccccc2NC(=O)NC)cc1C. The third-order valence-corrected chi connectivity index (χ3v) is 3.89. The molecule has 4 nitrogen and oxygen atoms in total. The molecular weight excluding hydrogens is 288 g/mol. The maximum Gasteiger partial charge on any atom is 0.318 e. The van der Waals surface area contributed by atoms with E-state index in [1.54, 1.807) is 7.05 Å². The van der Waals surface area contributed by atoms with Crippen molar-refractivity contribution >= 4 is 11.7 Å². The molecule has 4 heteroatoms. The van der Waals surface area contributed by atoms with E-state index in [0.717, 1.165) is 29.0 Å². The van der Waals surface area contributed by atoms with Crippen molar-refractivity contribution in [2.24, 2.45) is 0 Å². The van der Waals surface area contributed by atoms with Crippen LogP contribution in [0.1, 0.15) is 29.2 Å². The quantitative estimate of drug-likeness (QED) is 0.869. The standard InChI is InChI=1S/C19H24N2O2/c1-5-15-10-14(3)18(11-13(15)2)23-12-16-8-6-7-9-17(16)21-19(22)20-4/h6-11H,5,12H2,1-4H3,(H2,20,21,22). The first-order valence-electron chi connectivity index (χ1n) is 7.84. The van der Waals surface area contributed by atoms with E-state index in [9.17, 15) is 4.79 Å². The number of benzene rings is 2. The highest BCUT2D eigenvalue weighted by Gasteiger charge is 2.08. The Morgan fingerprint density at radius 3 is 2.52 bits per heavy atom. The number of nitrogens with one attached hydrogen (secondary N) is 2. The summed E-state index contributed by atoms with van der Waals surface area (Å²) in [5.41, 5.74) is 5.41. The van der Waals surface area contributed by atoms with E-state index < -0.39 is 0 Å². The van der Waals surface area contributed by atoms with Crippen molar-refractivity contribution in [3.63, 3.8) is 0 Å². The second-order valence-electron chi connectivity index (χ2n) is 5.55. The molecule has 0 heterocycles. The fourth-order valence-corrected chi connectivity index (χ4v) is 2.49. The highest BCUT2D eigenvalue weighted by molar-refractivity contribution is 5.89. The molecule has 0 aliphatic rings. The van der Waals surface area contributed by atoms with Gasteiger partial charge in [-0.05, 0) is 49.1 Å². The molecule has 0 atom stereocenters. The van der Waals surface area contributed by atoms with Crippen LogP contribution in [0.25, 0.3) is 0 Å². The Morgan fingerprint density at radius 1 is 1.09 bits per heavy atom. The summed E-state index contributed by atoms with van der Waals surface area (Å²) >= 11 is 0. The van der Waals surface area contributed by atoms with Gasteiger partial charge in [-0.2, -0.15) is 0 Å². The minimum Gasteiger partial charge on any atom is -0.489 e. The van der Waals surface area contributed by atoms with E-state index in [1.807, 2.05) is 24.3 Å². The number of amides is 2. The fourth-order valence-electron chi connectivity index (χ4n) is 2.49. The predicted octanol–water partition coefficient (Wildman–Crippen LogP) is 4.20. The molecule has 122 valence electrons. The van der Waals surface area contributed by atoms with Crippen molar-refractivity contribution in [3.05, 3.63) is 58.7 Å². The van der Waals surface area contributed by atoms with Gasteiger partial charge in [0.05, 0.1) is 0 Å². The third-order valence-electron chi connectivity index (χ3n) is 3.89. The van der Waals surface area contributed by atoms with Gasteiger partial charge in [0, 0.05) is 18.3 Å². The summed E-state index contributed by atoms with van der Waals surface area (Å²) in [7, 11) is 1.59. The molecule has 2 aromatic carbocycles. The number of para-hydroxylation sites is 1. The van der Waals surface area contributed by atoms with Crippen LogP contribution in [0.5, 0.6) is 5.75 Å². The highest BCUT2D eigenvalue weighted by Crippen LogP contribution is 2.25. The lowest BCUT2D eigenvalue weighted by Gasteiger charge is -2.15. The van der Waals surface area contributed by atoms with Gasteiger partial charge < -0.3 is 15.4 Å². The van der Waals surface area contributed by atoms with Gasteiger partial charge in [-0.15, -0.1) is 0 Å². The number of ether oxygens (including phenoxy) is 1. The van der Waals surface area contributed by atoms with Gasteiger partial charge in [0.1, 0.15) is 12.4 Å². The van der Waals surface area contributed by atoms with E-state index in [2.05, 4.69) is 43.5 Å². The second kappa shape index (κ2) is 7.68. The van der Waals surface area contributed by atoms with E-state index in [0.29, 0.717) is 6.61 Å². The minimum atomic E-state index is -0.239. The Labute approximate surface area is 137 Å². The van der Waals surface area contributed by atoms with Crippen LogP contribution in [0.4, 0.5) is 10.5 Å². The zero-order chi connectivity index (χ0) is 16.8. The Kier molecular flexibility index (Phi) is 5.63. The van der Waals surface area contributed by atoms with Gasteiger partial charge in [0.2, 0.25) is 0 Å². The number of aryl methyl sites for hydroxylation is 3. The lowest BCUT2D eigenvalue weighted by molar-refractivity contribution is 0.254. The third kappa shape index (κ3) is 4.25. The van der Waals surface area contributed by atoms with Gasteiger partial charge in [-0.3, -0.25) is 0 Å². The molecule has 0 aromatic heterocycles. The molecule has 0 saturated carbocycles. The van der Waals surface area contributed by atoms with Gasteiger partial charge in [-0.25, -0.2) is 4.79 Å². The Bertz CT molecular complexity index is 696. The molecule has 0 unspecified atom stereocenters. The maximum atomic E-state index is 11.5. The number of hydrogen-bond donors (Lipinski definition) is 2. The van der Waals surface area contributed by atoms with Crippen LogP contribution in [-0.4, -0.2) is 13.1 Å². The van der Waals surface area contributed by atoms with E-state index in [1.165, 1.54) is 11.1 Å². The molecule has 2 rings (SSSR count). The Hall–Kier alpha value is -2.49. The van der Waals surface area contributed by atoms with Crippen LogP contribution < -0.4 is 15.4 Å². The van der Waals surface area contributed by atoms with Crippen molar-refractivity contribution in [2.45, 2.75) is 33.8 Å². The predicted molar refractivity (Wildman–Crippen MR) is 94.1 cm³/mol. The second-order valence-corrected chi connectivity index (χ2v) is 5.55. The Morgan fingerprint density at radius 2 is 1.83 bits per heavy atom. The number of anilines is 1. The lowest BCUT2D eigenvalue weighted by Crippen LogP contribution is -2.25. The highest BCUT2D eigenvalue weighted by atomic mass is 16.5. The monoisotopic (exact) mass is 312 g/mol. The molecular formula is C19H24N2O2. The summed E-state index contributed by atoms with van der Waals surface area (Å²) in [5, 5.41) is 5.36. The molecule has 2 N–H and O–H groups in total. The maximum absolute atomic E-state index is 11.5. The minimum absolute atomic E-state index is 0.239. The van der Waals surface area contributed by atoms with Crippen molar-refractivity contribution in [2.75, 3.05) is 12.4 Å². The zero-order valence-corrected chi connectivity index (χ0v) is 14.2. The summed E-state index contributed by atoms with van der Waals surface area (Å²) in [6.07, 6.45) is 1.02. The smallest absolute Gasteiger partial charge is 0.318 e. The molecule has 2 amide bonds. The molecule has 23 heavy (non-hydrogen) atoms. The molecule has 0 aliphatic carbocycles. The topological polar surface area (TPSA) is 50.4 Å². The number of carbonyl (C=O) groups excluding carboxylic acids is 1. The Balaban J connectivity index is 2.15. The largest absolute Gasteiger partial charge is 0.489 e. The summed E-state index contributed by atoms with van der Waals surface area (Å²) in [5.74, 6) is 0.884. The fraction of sp³-hybridized carbons (Fsp3) is 0.316. The molecule has 2 aromatic rings. The molecule has 0 bridgehead atoms.